The fourth-order valence-corrected chi connectivity index (χ4v) is 4.17. The van der Waals surface area contributed by atoms with Crippen LogP contribution in [0.4, 0.5) is 0 Å². The third kappa shape index (κ3) is 2.98. The van der Waals surface area contributed by atoms with Crippen molar-refractivity contribution in [2.45, 2.75) is 19.8 Å². The summed E-state index contributed by atoms with van der Waals surface area (Å²) in [6, 6.07) is 1.98. The van der Waals surface area contributed by atoms with Gasteiger partial charge >= 0.3 is 0 Å². The van der Waals surface area contributed by atoms with Gasteiger partial charge in [0.15, 0.2) is 5.82 Å². The predicted molar refractivity (Wildman–Crippen MR) is 87.5 cm³/mol. The van der Waals surface area contributed by atoms with E-state index in [2.05, 4.69) is 71.6 Å². The SMILES string of the molecule is CC(C)c1nc(-c2cc(Br)c(Br)s2)nc(Cl)c1Br. The van der Waals surface area contributed by atoms with Crippen LogP contribution in [-0.2, 0) is 0 Å². The van der Waals surface area contributed by atoms with Gasteiger partial charge in [-0.2, -0.15) is 0 Å². The van der Waals surface area contributed by atoms with Gasteiger partial charge in [0.2, 0.25) is 0 Å². The van der Waals surface area contributed by atoms with E-state index in [9.17, 15) is 0 Å². The highest BCUT2D eigenvalue weighted by atomic mass is 79.9. The van der Waals surface area contributed by atoms with Crippen molar-refractivity contribution in [2.75, 3.05) is 0 Å². The first-order valence-electron chi connectivity index (χ1n) is 5.08. The standard InChI is InChI=1S/C11H8Br3ClN2S/c1-4(2)8-7(13)10(15)17-11(16-8)6-3-5(12)9(14)18-6/h3-4H,1-2H3. The van der Waals surface area contributed by atoms with E-state index in [1.165, 1.54) is 0 Å². The van der Waals surface area contributed by atoms with Crippen LogP contribution in [0.2, 0.25) is 5.15 Å². The monoisotopic (exact) mass is 472 g/mol. The number of hydrogen-bond donors (Lipinski definition) is 0. The largest absolute Gasteiger partial charge is 0.231 e. The Kier molecular flexibility index (Phi) is 4.86. The van der Waals surface area contributed by atoms with Crippen molar-refractivity contribution in [2.24, 2.45) is 0 Å². The average molecular weight is 475 g/mol. The molecule has 0 radical (unpaired) electrons. The molecule has 0 aliphatic heterocycles. The molecule has 0 fully saturated rings. The Bertz CT molecular complexity index is 579. The molecule has 18 heavy (non-hydrogen) atoms. The van der Waals surface area contributed by atoms with Gasteiger partial charge in [-0.25, -0.2) is 9.97 Å². The third-order valence-electron chi connectivity index (χ3n) is 2.25. The quantitative estimate of drug-likeness (QED) is 0.479. The van der Waals surface area contributed by atoms with Gasteiger partial charge in [-0.05, 0) is 59.8 Å². The van der Waals surface area contributed by atoms with Crippen LogP contribution in [0.15, 0.2) is 18.8 Å². The molecule has 2 nitrogen and oxygen atoms in total. The lowest BCUT2D eigenvalue weighted by atomic mass is 10.1. The van der Waals surface area contributed by atoms with E-state index < -0.39 is 0 Å². The molecule has 2 aromatic rings. The van der Waals surface area contributed by atoms with Crippen LogP contribution in [0.1, 0.15) is 25.5 Å². The molecule has 0 saturated heterocycles. The second-order valence-corrected chi connectivity index (χ2v) is 8.30. The lowest BCUT2D eigenvalue weighted by Gasteiger charge is -2.09. The van der Waals surface area contributed by atoms with Gasteiger partial charge < -0.3 is 0 Å². The summed E-state index contributed by atoms with van der Waals surface area (Å²) in [5.74, 6) is 0.939. The molecule has 0 aliphatic rings. The summed E-state index contributed by atoms with van der Waals surface area (Å²) in [6.45, 7) is 4.15. The summed E-state index contributed by atoms with van der Waals surface area (Å²) < 4.78 is 2.79. The number of rotatable bonds is 2. The maximum absolute atomic E-state index is 6.14. The van der Waals surface area contributed by atoms with Crippen LogP contribution in [0.3, 0.4) is 0 Å². The van der Waals surface area contributed by atoms with Crippen LogP contribution in [0.5, 0.6) is 0 Å². The Hall–Kier alpha value is 0.510. The van der Waals surface area contributed by atoms with Gasteiger partial charge in [0.05, 0.1) is 18.8 Å². The predicted octanol–water partition coefficient (Wildman–Crippen LogP) is 6.27. The zero-order valence-corrected chi connectivity index (χ0v) is 15.8. The Morgan fingerprint density at radius 3 is 2.39 bits per heavy atom. The summed E-state index contributed by atoms with van der Waals surface area (Å²) in [7, 11) is 0. The highest BCUT2D eigenvalue weighted by molar-refractivity contribution is 9.13. The molecule has 2 heterocycles. The maximum atomic E-state index is 6.14. The number of aromatic nitrogens is 2. The van der Waals surface area contributed by atoms with Crippen molar-refractivity contribution >= 4 is 70.7 Å². The summed E-state index contributed by atoms with van der Waals surface area (Å²) in [5.41, 5.74) is 0.922. The van der Waals surface area contributed by atoms with Crippen molar-refractivity contribution < 1.29 is 0 Å². The molecule has 0 N–H and O–H groups in total. The summed E-state index contributed by atoms with van der Waals surface area (Å²) >= 11 is 18.1. The molecule has 0 bridgehead atoms. The van der Waals surface area contributed by atoms with E-state index in [0.717, 1.165) is 23.3 Å². The minimum atomic E-state index is 0.283. The lowest BCUT2D eigenvalue weighted by Crippen LogP contribution is -1.99. The number of hydrogen-bond acceptors (Lipinski definition) is 3. The first kappa shape index (κ1) is 14.9. The highest BCUT2D eigenvalue weighted by Crippen LogP contribution is 2.38. The van der Waals surface area contributed by atoms with E-state index in [0.29, 0.717) is 11.0 Å². The van der Waals surface area contributed by atoms with Crippen molar-refractivity contribution in [1.82, 2.24) is 9.97 Å². The van der Waals surface area contributed by atoms with Gasteiger partial charge in [-0.3, -0.25) is 0 Å². The van der Waals surface area contributed by atoms with Crippen LogP contribution in [-0.4, -0.2) is 9.97 Å². The summed E-state index contributed by atoms with van der Waals surface area (Å²) in [6.07, 6.45) is 0. The fourth-order valence-electron chi connectivity index (χ4n) is 1.39. The van der Waals surface area contributed by atoms with E-state index in [1.807, 2.05) is 6.07 Å². The first-order valence-corrected chi connectivity index (χ1v) is 8.65. The minimum Gasteiger partial charge on any atom is -0.231 e. The molecular formula is C11H8Br3ClN2S. The molecular weight excluding hydrogens is 467 g/mol. The summed E-state index contributed by atoms with van der Waals surface area (Å²) in [4.78, 5) is 9.88. The third-order valence-corrected chi connectivity index (χ3v) is 6.78. The molecule has 0 spiro atoms. The van der Waals surface area contributed by atoms with Crippen LogP contribution < -0.4 is 0 Å². The molecule has 0 unspecified atom stereocenters. The van der Waals surface area contributed by atoms with Crippen LogP contribution in [0, 0.1) is 0 Å². The van der Waals surface area contributed by atoms with Crippen molar-refractivity contribution in [3.63, 3.8) is 0 Å². The highest BCUT2D eigenvalue weighted by Gasteiger charge is 2.16. The molecule has 0 aromatic carbocycles. The van der Waals surface area contributed by atoms with Crippen LogP contribution in [0.25, 0.3) is 10.7 Å². The van der Waals surface area contributed by atoms with Crippen molar-refractivity contribution in [1.29, 1.82) is 0 Å². The fraction of sp³-hybridized carbons (Fsp3) is 0.273. The topological polar surface area (TPSA) is 25.8 Å². The lowest BCUT2D eigenvalue weighted by molar-refractivity contribution is 0.810. The molecule has 2 rings (SSSR count). The van der Waals surface area contributed by atoms with Crippen LogP contribution >= 0.6 is 70.7 Å². The number of thiophene rings is 1. The second kappa shape index (κ2) is 5.87. The Morgan fingerprint density at radius 2 is 1.89 bits per heavy atom. The number of halogens is 4. The second-order valence-electron chi connectivity index (χ2n) is 3.92. The van der Waals surface area contributed by atoms with Gasteiger partial charge in [-0.15, -0.1) is 11.3 Å². The number of nitrogens with zero attached hydrogens (tertiary/aromatic N) is 2. The Balaban J connectivity index is 2.58. The van der Waals surface area contributed by atoms with Crippen molar-refractivity contribution in [3.05, 3.63) is 29.6 Å². The van der Waals surface area contributed by atoms with E-state index in [1.54, 1.807) is 11.3 Å². The Morgan fingerprint density at radius 1 is 1.22 bits per heavy atom. The van der Waals surface area contributed by atoms with E-state index in [4.69, 9.17) is 11.6 Å². The molecule has 96 valence electrons. The molecule has 0 atom stereocenters. The van der Waals surface area contributed by atoms with Gasteiger partial charge in [0.1, 0.15) is 5.15 Å². The molecule has 0 aliphatic carbocycles. The molecule has 0 saturated carbocycles. The summed E-state index contributed by atoms with van der Waals surface area (Å²) in [5, 5.41) is 0.448. The average Bonchev–Trinajstić information content (AvgIpc) is 2.62. The molecule has 0 amide bonds. The normalized spacial score (nSPS) is 11.3. The van der Waals surface area contributed by atoms with Crippen molar-refractivity contribution in [3.8, 4) is 10.7 Å². The van der Waals surface area contributed by atoms with E-state index in [-0.39, 0.29) is 5.92 Å². The zero-order chi connectivity index (χ0) is 13.4. The van der Waals surface area contributed by atoms with Gasteiger partial charge in [-0.1, -0.05) is 25.4 Å². The Labute approximate surface area is 140 Å². The molecule has 2 aromatic heterocycles. The van der Waals surface area contributed by atoms with Gasteiger partial charge in [0.25, 0.3) is 0 Å². The maximum Gasteiger partial charge on any atom is 0.171 e. The van der Waals surface area contributed by atoms with Gasteiger partial charge in [0, 0.05) is 4.47 Å². The molecule has 7 heteroatoms. The smallest absolute Gasteiger partial charge is 0.171 e. The minimum absolute atomic E-state index is 0.283. The van der Waals surface area contributed by atoms with E-state index >= 15 is 0 Å². The first-order chi connectivity index (χ1) is 8.40. The zero-order valence-electron chi connectivity index (χ0n) is 9.47.